The van der Waals surface area contributed by atoms with E-state index >= 15 is 0 Å². The molecule has 0 aromatic heterocycles. The van der Waals surface area contributed by atoms with Crippen molar-refractivity contribution in [3.05, 3.63) is 71.4 Å². The molecule has 1 aliphatic rings. The number of ether oxygens (including phenoxy) is 1. The number of benzene rings is 2. The zero-order valence-electron chi connectivity index (χ0n) is 17.1. The van der Waals surface area contributed by atoms with Crippen molar-refractivity contribution in [1.82, 2.24) is 10.6 Å². The second-order valence-corrected chi connectivity index (χ2v) is 7.90. The molecule has 0 spiro atoms. The third kappa shape index (κ3) is 6.73. The molecule has 2 aromatic carbocycles. The summed E-state index contributed by atoms with van der Waals surface area (Å²) in [5.41, 5.74) is 1.59. The van der Waals surface area contributed by atoms with Crippen LogP contribution in [0.3, 0.4) is 0 Å². The van der Waals surface area contributed by atoms with Crippen molar-refractivity contribution in [3.8, 4) is 0 Å². The van der Waals surface area contributed by atoms with Crippen molar-refractivity contribution in [2.75, 3.05) is 45.6 Å². The van der Waals surface area contributed by atoms with Crippen LogP contribution < -0.4 is 15.5 Å². The van der Waals surface area contributed by atoms with Gasteiger partial charge < -0.3 is 20.3 Å². The highest BCUT2D eigenvalue weighted by Crippen LogP contribution is 2.16. The lowest BCUT2D eigenvalue weighted by Crippen LogP contribution is -3.14. The molecule has 3 rings (SSSR count). The topological polar surface area (TPSA) is 71.9 Å². The number of hydrogen-bond acceptors (Lipinski definition) is 4. The van der Waals surface area contributed by atoms with Gasteiger partial charge in [-0.3, -0.25) is 9.59 Å². The summed E-state index contributed by atoms with van der Waals surface area (Å²) in [6, 6.07) is 16.7. The van der Waals surface area contributed by atoms with Gasteiger partial charge in [-0.15, -0.1) is 11.8 Å². The Kier molecular flexibility index (Phi) is 8.50. The van der Waals surface area contributed by atoms with Gasteiger partial charge in [-0.2, -0.15) is 0 Å². The molecule has 7 heteroatoms. The lowest BCUT2D eigenvalue weighted by atomic mass is 10.1. The number of nitrogens with one attached hydrogen (secondary N) is 3. The van der Waals surface area contributed by atoms with Crippen molar-refractivity contribution >= 4 is 29.7 Å². The number of quaternary nitrogens is 1. The van der Waals surface area contributed by atoms with Gasteiger partial charge in [-0.1, -0.05) is 30.3 Å². The average molecular weight is 427 g/mol. The molecule has 30 heavy (non-hydrogen) atoms. The van der Waals surface area contributed by atoms with E-state index in [-0.39, 0.29) is 17.5 Å². The Morgan fingerprint density at radius 1 is 1.07 bits per heavy atom. The fourth-order valence-corrected chi connectivity index (χ4v) is 3.58. The second kappa shape index (κ2) is 11.5. The maximum Gasteiger partial charge on any atom is 0.268 e. The fourth-order valence-electron chi connectivity index (χ4n) is 3.17. The highest BCUT2D eigenvalue weighted by molar-refractivity contribution is 7.98. The Morgan fingerprint density at radius 3 is 2.43 bits per heavy atom. The molecule has 2 aromatic rings. The summed E-state index contributed by atoms with van der Waals surface area (Å²) >= 11 is 1.65. The molecule has 1 heterocycles. The third-order valence-corrected chi connectivity index (χ3v) is 5.66. The van der Waals surface area contributed by atoms with Crippen LogP contribution in [0.25, 0.3) is 6.08 Å². The van der Waals surface area contributed by atoms with E-state index in [4.69, 9.17) is 4.74 Å². The van der Waals surface area contributed by atoms with Crippen LogP contribution in [0, 0.1) is 0 Å². The summed E-state index contributed by atoms with van der Waals surface area (Å²) in [6.07, 6.45) is 3.72. The number of carbonyl (C=O) groups excluding carboxylic acids is 2. The summed E-state index contributed by atoms with van der Waals surface area (Å²) in [5, 5.41) is 5.72. The first-order valence-corrected chi connectivity index (χ1v) is 11.3. The molecular formula is C23H28N3O3S+. The van der Waals surface area contributed by atoms with Crippen LogP contribution in [0.2, 0.25) is 0 Å². The summed E-state index contributed by atoms with van der Waals surface area (Å²) in [6.45, 7) is 4.78. The van der Waals surface area contributed by atoms with Gasteiger partial charge in [0, 0.05) is 10.5 Å². The lowest BCUT2D eigenvalue weighted by molar-refractivity contribution is -0.906. The van der Waals surface area contributed by atoms with Gasteiger partial charge in [0.15, 0.2) is 0 Å². The van der Waals surface area contributed by atoms with Crippen molar-refractivity contribution in [1.29, 1.82) is 0 Å². The van der Waals surface area contributed by atoms with Gasteiger partial charge in [0.1, 0.15) is 18.8 Å². The van der Waals surface area contributed by atoms with Crippen LogP contribution in [-0.4, -0.2) is 57.5 Å². The van der Waals surface area contributed by atoms with Gasteiger partial charge in [0.05, 0.1) is 26.3 Å². The van der Waals surface area contributed by atoms with Crippen LogP contribution in [0.4, 0.5) is 0 Å². The van der Waals surface area contributed by atoms with Crippen molar-refractivity contribution < 1.29 is 19.2 Å². The summed E-state index contributed by atoms with van der Waals surface area (Å²) in [4.78, 5) is 28.0. The van der Waals surface area contributed by atoms with Gasteiger partial charge in [-0.05, 0) is 42.2 Å². The van der Waals surface area contributed by atoms with Gasteiger partial charge in [-0.25, -0.2) is 0 Å². The van der Waals surface area contributed by atoms with Crippen molar-refractivity contribution in [3.63, 3.8) is 0 Å². The first-order valence-electron chi connectivity index (χ1n) is 10.1. The Labute approximate surface area is 181 Å². The van der Waals surface area contributed by atoms with Crippen LogP contribution in [0.5, 0.6) is 0 Å². The number of morpholine rings is 1. The number of hydrogen-bond donors (Lipinski definition) is 3. The molecule has 6 nitrogen and oxygen atoms in total. The Bertz CT molecular complexity index is 863. The van der Waals surface area contributed by atoms with Crippen molar-refractivity contribution in [2.45, 2.75) is 4.90 Å². The quantitative estimate of drug-likeness (QED) is 0.438. The molecule has 1 aliphatic heterocycles. The highest BCUT2D eigenvalue weighted by Gasteiger charge is 2.17. The number of amides is 2. The standard InChI is InChI=1S/C23H27N3O3S/c1-30-20-9-7-18(8-10-20)17-21(25-22(27)19-5-3-2-4-6-19)23(28)24-11-12-26-13-15-29-16-14-26/h2-10,17H,11-16H2,1H3,(H,24,28)(H,25,27)/p+1/b21-17+. The van der Waals surface area contributed by atoms with E-state index in [2.05, 4.69) is 10.6 Å². The minimum atomic E-state index is -0.309. The van der Waals surface area contributed by atoms with E-state index < -0.39 is 0 Å². The Hall–Kier alpha value is -2.61. The molecular weight excluding hydrogens is 398 g/mol. The largest absolute Gasteiger partial charge is 0.370 e. The summed E-state index contributed by atoms with van der Waals surface area (Å²) < 4.78 is 5.37. The third-order valence-electron chi connectivity index (χ3n) is 4.92. The molecule has 2 amide bonds. The highest BCUT2D eigenvalue weighted by atomic mass is 32.2. The number of thioether (sulfide) groups is 1. The SMILES string of the molecule is CSc1ccc(/C=C(/NC(=O)c2ccccc2)C(=O)NCC[NH+]2CCOCC2)cc1. The molecule has 0 unspecified atom stereocenters. The van der Waals surface area contributed by atoms with E-state index in [1.807, 2.05) is 36.6 Å². The molecule has 1 saturated heterocycles. The van der Waals surface area contributed by atoms with Gasteiger partial charge >= 0.3 is 0 Å². The predicted molar refractivity (Wildman–Crippen MR) is 120 cm³/mol. The van der Waals surface area contributed by atoms with E-state index in [1.54, 1.807) is 42.1 Å². The monoisotopic (exact) mass is 426 g/mol. The van der Waals surface area contributed by atoms with E-state index in [9.17, 15) is 9.59 Å². The Balaban J connectivity index is 1.69. The molecule has 0 saturated carbocycles. The maximum atomic E-state index is 12.8. The molecule has 0 radical (unpaired) electrons. The first kappa shape index (κ1) is 22.1. The minimum absolute atomic E-state index is 0.234. The number of rotatable bonds is 8. The first-order chi connectivity index (χ1) is 14.7. The molecule has 0 aliphatic carbocycles. The summed E-state index contributed by atoms with van der Waals surface area (Å²) in [5.74, 6) is -0.600. The summed E-state index contributed by atoms with van der Waals surface area (Å²) in [7, 11) is 0. The minimum Gasteiger partial charge on any atom is -0.370 e. The molecule has 158 valence electrons. The second-order valence-electron chi connectivity index (χ2n) is 7.02. The van der Waals surface area contributed by atoms with Crippen LogP contribution in [-0.2, 0) is 9.53 Å². The maximum absolute atomic E-state index is 12.8. The number of carbonyl (C=O) groups is 2. The Morgan fingerprint density at radius 2 is 1.77 bits per heavy atom. The zero-order chi connectivity index (χ0) is 21.2. The van der Waals surface area contributed by atoms with Gasteiger partial charge in [0.2, 0.25) is 0 Å². The predicted octanol–water partition coefficient (Wildman–Crippen LogP) is 1.21. The molecule has 0 bridgehead atoms. The van der Waals surface area contributed by atoms with E-state index in [0.717, 1.165) is 43.3 Å². The van der Waals surface area contributed by atoms with Crippen molar-refractivity contribution in [2.24, 2.45) is 0 Å². The van der Waals surface area contributed by atoms with E-state index in [0.29, 0.717) is 12.1 Å². The average Bonchev–Trinajstić information content (AvgIpc) is 2.80. The van der Waals surface area contributed by atoms with Crippen LogP contribution in [0.15, 0.2) is 65.2 Å². The molecule has 0 atom stereocenters. The normalized spacial score (nSPS) is 14.9. The lowest BCUT2D eigenvalue weighted by Gasteiger charge is -2.23. The van der Waals surface area contributed by atoms with Crippen LogP contribution >= 0.6 is 11.8 Å². The van der Waals surface area contributed by atoms with Gasteiger partial charge in [0.25, 0.3) is 11.8 Å². The zero-order valence-corrected chi connectivity index (χ0v) is 18.0. The molecule has 3 N–H and O–H groups in total. The van der Waals surface area contributed by atoms with Crippen LogP contribution in [0.1, 0.15) is 15.9 Å². The van der Waals surface area contributed by atoms with E-state index in [1.165, 1.54) is 4.90 Å². The smallest absolute Gasteiger partial charge is 0.268 e. The fraction of sp³-hybridized carbons (Fsp3) is 0.304. The molecule has 1 fully saturated rings.